The molecule has 0 bridgehead atoms. The highest BCUT2D eigenvalue weighted by Crippen LogP contribution is 2.32. The van der Waals surface area contributed by atoms with Crippen LogP contribution in [0.4, 0.5) is 0 Å². The van der Waals surface area contributed by atoms with Crippen molar-refractivity contribution in [3.8, 4) is 0 Å². The van der Waals surface area contributed by atoms with Crippen LogP contribution in [-0.4, -0.2) is 22.8 Å². The number of carbonyl (C=O) groups is 2. The zero-order valence-corrected chi connectivity index (χ0v) is 15.0. The number of amides is 2. The fraction of sp³-hybridized carbons (Fsp3) is 0.333. The molecule has 130 valence electrons. The molecule has 0 radical (unpaired) electrons. The highest BCUT2D eigenvalue weighted by atomic mass is 16.2. The number of nitrogens with one attached hydrogen (secondary N) is 1. The summed E-state index contributed by atoms with van der Waals surface area (Å²) in [6.45, 7) is 6.39. The molecule has 1 aliphatic heterocycles. The maximum atomic E-state index is 13.0. The third-order valence-corrected chi connectivity index (χ3v) is 4.61. The maximum Gasteiger partial charge on any atom is 0.247 e. The molecule has 0 fully saturated rings. The third kappa shape index (κ3) is 3.58. The van der Waals surface area contributed by atoms with Gasteiger partial charge in [0.15, 0.2) is 0 Å². The van der Waals surface area contributed by atoms with Crippen molar-refractivity contribution < 1.29 is 9.59 Å². The highest BCUT2D eigenvalue weighted by molar-refractivity contribution is 5.92. The van der Waals surface area contributed by atoms with Gasteiger partial charge in [0.05, 0.1) is 6.42 Å². The standard InChI is InChI=1S/C21H24N2O2/c1-14(2)23-19(24)12-17-9-4-5-10-18(17)20(23)21(25)22-13-16-8-6-7-15(3)11-16/h4-11,14,20H,12-13H2,1-3H3,(H,22,25)/t20-/m0/s1. The largest absolute Gasteiger partial charge is 0.350 e. The van der Waals surface area contributed by atoms with Crippen LogP contribution < -0.4 is 5.32 Å². The van der Waals surface area contributed by atoms with Gasteiger partial charge in [0.2, 0.25) is 11.8 Å². The molecule has 2 aromatic rings. The lowest BCUT2D eigenvalue weighted by molar-refractivity contribution is -0.143. The van der Waals surface area contributed by atoms with Gasteiger partial charge in [0.25, 0.3) is 0 Å². The van der Waals surface area contributed by atoms with Gasteiger partial charge >= 0.3 is 0 Å². The van der Waals surface area contributed by atoms with Gasteiger partial charge in [-0.1, -0.05) is 54.1 Å². The van der Waals surface area contributed by atoms with E-state index in [0.29, 0.717) is 13.0 Å². The van der Waals surface area contributed by atoms with E-state index in [1.54, 1.807) is 4.90 Å². The Bertz CT molecular complexity index is 798. The first-order chi connectivity index (χ1) is 12.0. The average Bonchev–Trinajstić information content (AvgIpc) is 2.58. The normalized spacial score (nSPS) is 16.7. The van der Waals surface area contributed by atoms with Gasteiger partial charge in [-0.05, 0) is 37.5 Å². The minimum Gasteiger partial charge on any atom is -0.350 e. The van der Waals surface area contributed by atoms with Gasteiger partial charge in [-0.3, -0.25) is 9.59 Å². The molecular formula is C21H24N2O2. The van der Waals surface area contributed by atoms with Crippen molar-refractivity contribution >= 4 is 11.8 Å². The minimum absolute atomic E-state index is 0.00408. The molecule has 0 saturated carbocycles. The van der Waals surface area contributed by atoms with E-state index in [1.165, 1.54) is 0 Å². The molecule has 25 heavy (non-hydrogen) atoms. The summed E-state index contributed by atoms with van der Waals surface area (Å²) in [5.74, 6) is -0.125. The highest BCUT2D eigenvalue weighted by Gasteiger charge is 2.38. The second kappa shape index (κ2) is 7.09. The molecule has 2 aromatic carbocycles. The van der Waals surface area contributed by atoms with Crippen LogP contribution in [0.15, 0.2) is 48.5 Å². The topological polar surface area (TPSA) is 49.4 Å². The Morgan fingerprint density at radius 3 is 2.68 bits per heavy atom. The Kier molecular flexibility index (Phi) is 4.88. The third-order valence-electron chi connectivity index (χ3n) is 4.61. The molecular weight excluding hydrogens is 312 g/mol. The minimum atomic E-state index is -0.567. The van der Waals surface area contributed by atoms with E-state index in [9.17, 15) is 9.59 Å². The Morgan fingerprint density at radius 2 is 1.96 bits per heavy atom. The fourth-order valence-electron chi connectivity index (χ4n) is 3.47. The molecule has 0 aromatic heterocycles. The van der Waals surface area contributed by atoms with Crippen LogP contribution in [0.25, 0.3) is 0 Å². The number of benzene rings is 2. The van der Waals surface area contributed by atoms with Crippen LogP contribution >= 0.6 is 0 Å². The Morgan fingerprint density at radius 1 is 1.20 bits per heavy atom. The predicted molar refractivity (Wildman–Crippen MR) is 97.9 cm³/mol. The Balaban J connectivity index is 1.86. The summed E-state index contributed by atoms with van der Waals surface area (Å²) in [5.41, 5.74) is 4.09. The monoisotopic (exact) mass is 336 g/mol. The van der Waals surface area contributed by atoms with Crippen LogP contribution in [-0.2, 0) is 22.6 Å². The van der Waals surface area contributed by atoms with Crippen LogP contribution in [0.5, 0.6) is 0 Å². The van der Waals surface area contributed by atoms with Crippen LogP contribution in [0, 0.1) is 6.92 Å². The first-order valence-electron chi connectivity index (χ1n) is 8.69. The first kappa shape index (κ1) is 17.2. The predicted octanol–water partition coefficient (Wildman–Crippen LogP) is 3.15. The second-order valence-corrected chi connectivity index (χ2v) is 6.88. The number of rotatable bonds is 4. The summed E-state index contributed by atoms with van der Waals surface area (Å²) in [4.78, 5) is 27.3. The number of fused-ring (bicyclic) bond motifs is 1. The molecule has 4 heteroatoms. The smallest absolute Gasteiger partial charge is 0.247 e. The van der Waals surface area contributed by atoms with Crippen molar-refractivity contribution in [3.05, 3.63) is 70.8 Å². The number of aryl methyl sites for hydroxylation is 1. The van der Waals surface area contributed by atoms with Crippen LogP contribution in [0.2, 0.25) is 0 Å². The lowest BCUT2D eigenvalue weighted by Crippen LogP contribution is -2.50. The van der Waals surface area contributed by atoms with Crippen molar-refractivity contribution in [2.24, 2.45) is 0 Å². The first-order valence-corrected chi connectivity index (χ1v) is 8.69. The van der Waals surface area contributed by atoms with Crippen molar-refractivity contribution in [3.63, 3.8) is 0 Å². The van der Waals surface area contributed by atoms with Crippen molar-refractivity contribution in [1.29, 1.82) is 0 Å². The van der Waals surface area contributed by atoms with Gasteiger partial charge in [0, 0.05) is 12.6 Å². The molecule has 4 nitrogen and oxygen atoms in total. The van der Waals surface area contributed by atoms with E-state index in [1.807, 2.05) is 63.2 Å². The average molecular weight is 336 g/mol. The van der Waals surface area contributed by atoms with E-state index in [2.05, 4.69) is 11.4 Å². The van der Waals surface area contributed by atoms with Crippen LogP contribution in [0.1, 0.15) is 42.1 Å². The van der Waals surface area contributed by atoms with Gasteiger partial charge < -0.3 is 10.2 Å². The summed E-state index contributed by atoms with van der Waals surface area (Å²) in [5, 5.41) is 3.01. The summed E-state index contributed by atoms with van der Waals surface area (Å²) in [6.07, 6.45) is 0.357. The molecule has 2 amide bonds. The Hall–Kier alpha value is -2.62. The van der Waals surface area contributed by atoms with Crippen molar-refractivity contribution in [2.45, 2.75) is 45.8 Å². The number of hydrogen-bond acceptors (Lipinski definition) is 2. The SMILES string of the molecule is Cc1cccc(CNC(=O)[C@@H]2c3ccccc3CC(=O)N2C(C)C)c1. The number of nitrogens with zero attached hydrogens (tertiary/aromatic N) is 1. The zero-order chi connectivity index (χ0) is 18.0. The van der Waals surface area contributed by atoms with Crippen molar-refractivity contribution in [2.75, 3.05) is 0 Å². The second-order valence-electron chi connectivity index (χ2n) is 6.88. The zero-order valence-electron chi connectivity index (χ0n) is 15.0. The molecule has 1 N–H and O–H groups in total. The lowest BCUT2D eigenvalue weighted by Gasteiger charge is -2.39. The molecule has 1 heterocycles. The van der Waals surface area contributed by atoms with E-state index in [-0.39, 0.29) is 17.9 Å². The summed E-state index contributed by atoms with van der Waals surface area (Å²) < 4.78 is 0. The molecule has 0 spiro atoms. The number of carbonyl (C=O) groups excluding carboxylic acids is 2. The molecule has 3 rings (SSSR count). The fourth-order valence-corrected chi connectivity index (χ4v) is 3.47. The summed E-state index contributed by atoms with van der Waals surface area (Å²) in [7, 11) is 0. The van der Waals surface area contributed by atoms with Gasteiger partial charge in [-0.2, -0.15) is 0 Å². The molecule has 0 saturated heterocycles. The van der Waals surface area contributed by atoms with E-state index >= 15 is 0 Å². The quantitative estimate of drug-likeness (QED) is 0.932. The number of hydrogen-bond donors (Lipinski definition) is 1. The van der Waals surface area contributed by atoms with Gasteiger partial charge in [-0.15, -0.1) is 0 Å². The summed E-state index contributed by atoms with van der Waals surface area (Å²) in [6, 6.07) is 15.2. The molecule has 0 unspecified atom stereocenters. The van der Waals surface area contributed by atoms with Gasteiger partial charge in [0.1, 0.15) is 6.04 Å². The van der Waals surface area contributed by atoms with Gasteiger partial charge in [-0.25, -0.2) is 0 Å². The van der Waals surface area contributed by atoms with E-state index in [0.717, 1.165) is 22.3 Å². The molecule has 1 atom stereocenters. The van der Waals surface area contributed by atoms with E-state index < -0.39 is 6.04 Å². The molecule has 1 aliphatic rings. The summed E-state index contributed by atoms with van der Waals surface area (Å²) >= 11 is 0. The Labute approximate surface area is 148 Å². The lowest BCUT2D eigenvalue weighted by atomic mass is 9.90. The van der Waals surface area contributed by atoms with E-state index in [4.69, 9.17) is 0 Å². The molecule has 0 aliphatic carbocycles. The van der Waals surface area contributed by atoms with Crippen LogP contribution in [0.3, 0.4) is 0 Å². The van der Waals surface area contributed by atoms with Crippen molar-refractivity contribution in [1.82, 2.24) is 10.2 Å². The maximum absolute atomic E-state index is 13.0.